The molecular formula is C18H37NO. The summed E-state index contributed by atoms with van der Waals surface area (Å²) in [5, 5.41) is 3.60. The van der Waals surface area contributed by atoms with Gasteiger partial charge in [0.05, 0.1) is 5.60 Å². The third-order valence-corrected chi connectivity index (χ3v) is 5.49. The van der Waals surface area contributed by atoms with Gasteiger partial charge in [-0.15, -0.1) is 0 Å². The van der Waals surface area contributed by atoms with E-state index in [2.05, 4.69) is 33.1 Å². The molecular weight excluding hydrogens is 246 g/mol. The van der Waals surface area contributed by atoms with E-state index in [0.717, 1.165) is 11.8 Å². The number of methoxy groups -OCH3 is 1. The van der Waals surface area contributed by atoms with Gasteiger partial charge in [-0.25, -0.2) is 0 Å². The van der Waals surface area contributed by atoms with Crippen molar-refractivity contribution in [1.29, 1.82) is 0 Å². The van der Waals surface area contributed by atoms with Crippen molar-refractivity contribution in [2.75, 3.05) is 14.2 Å². The monoisotopic (exact) mass is 283 g/mol. The molecule has 0 saturated heterocycles. The molecule has 120 valence electrons. The molecule has 1 N–H and O–H groups in total. The summed E-state index contributed by atoms with van der Waals surface area (Å²) < 4.78 is 6.09. The van der Waals surface area contributed by atoms with Crippen LogP contribution in [-0.2, 0) is 4.74 Å². The van der Waals surface area contributed by atoms with Crippen molar-refractivity contribution in [3.63, 3.8) is 0 Å². The van der Waals surface area contributed by atoms with Crippen LogP contribution in [0.3, 0.4) is 0 Å². The fraction of sp³-hybridized carbons (Fsp3) is 1.00. The highest BCUT2D eigenvalue weighted by Crippen LogP contribution is 2.39. The van der Waals surface area contributed by atoms with Gasteiger partial charge in [0.1, 0.15) is 0 Å². The molecule has 0 heterocycles. The van der Waals surface area contributed by atoms with Gasteiger partial charge in [0.25, 0.3) is 0 Å². The number of unbranched alkanes of at least 4 members (excludes halogenated alkanes) is 1. The standard InChI is InChI=1S/C18H37NO/c1-6-8-11-16(7-2)13-17(19-4)18(20-5)12-9-10-15(3)14-18/h15-17,19H,6-14H2,1-5H3. The second kappa shape index (κ2) is 9.04. The number of ether oxygens (including phenoxy) is 1. The van der Waals surface area contributed by atoms with Gasteiger partial charge in [0.15, 0.2) is 0 Å². The van der Waals surface area contributed by atoms with E-state index < -0.39 is 0 Å². The molecule has 2 heteroatoms. The number of rotatable bonds is 9. The van der Waals surface area contributed by atoms with Crippen molar-refractivity contribution in [2.45, 2.75) is 90.2 Å². The summed E-state index contributed by atoms with van der Waals surface area (Å²) in [7, 11) is 4.05. The van der Waals surface area contributed by atoms with Crippen molar-refractivity contribution < 1.29 is 4.74 Å². The summed E-state index contributed by atoms with van der Waals surface area (Å²) in [4.78, 5) is 0. The fourth-order valence-corrected chi connectivity index (χ4v) is 4.10. The summed E-state index contributed by atoms with van der Waals surface area (Å²) in [6.07, 6.45) is 11.8. The fourth-order valence-electron chi connectivity index (χ4n) is 4.10. The topological polar surface area (TPSA) is 21.3 Å². The van der Waals surface area contributed by atoms with Crippen LogP contribution in [0.1, 0.15) is 78.6 Å². The third kappa shape index (κ3) is 4.73. The molecule has 4 atom stereocenters. The van der Waals surface area contributed by atoms with E-state index in [0.29, 0.717) is 6.04 Å². The van der Waals surface area contributed by atoms with Gasteiger partial charge in [-0.3, -0.25) is 0 Å². The Hall–Kier alpha value is -0.0800. The minimum absolute atomic E-state index is 0.0754. The van der Waals surface area contributed by atoms with Crippen molar-refractivity contribution in [3.8, 4) is 0 Å². The van der Waals surface area contributed by atoms with Gasteiger partial charge in [-0.05, 0) is 38.1 Å². The molecule has 20 heavy (non-hydrogen) atoms. The second-order valence-electron chi connectivity index (χ2n) is 6.96. The Balaban J connectivity index is 2.70. The van der Waals surface area contributed by atoms with Crippen LogP contribution >= 0.6 is 0 Å². The molecule has 0 spiro atoms. The quantitative estimate of drug-likeness (QED) is 0.658. The average Bonchev–Trinajstić information content (AvgIpc) is 2.47. The number of hydrogen-bond donors (Lipinski definition) is 1. The van der Waals surface area contributed by atoms with Gasteiger partial charge in [0, 0.05) is 13.2 Å². The van der Waals surface area contributed by atoms with Crippen LogP contribution in [-0.4, -0.2) is 25.8 Å². The maximum Gasteiger partial charge on any atom is 0.0833 e. The van der Waals surface area contributed by atoms with E-state index in [1.54, 1.807) is 0 Å². The lowest BCUT2D eigenvalue weighted by atomic mass is 9.72. The molecule has 1 fully saturated rings. The molecule has 4 unspecified atom stereocenters. The van der Waals surface area contributed by atoms with Gasteiger partial charge in [0.2, 0.25) is 0 Å². The highest BCUT2D eigenvalue weighted by atomic mass is 16.5. The van der Waals surface area contributed by atoms with E-state index in [9.17, 15) is 0 Å². The van der Waals surface area contributed by atoms with Crippen molar-refractivity contribution >= 4 is 0 Å². The minimum Gasteiger partial charge on any atom is -0.377 e. The van der Waals surface area contributed by atoms with Gasteiger partial charge >= 0.3 is 0 Å². The highest BCUT2D eigenvalue weighted by Gasteiger charge is 2.41. The maximum atomic E-state index is 6.09. The Labute approximate surface area is 127 Å². The lowest BCUT2D eigenvalue weighted by molar-refractivity contribution is -0.0827. The predicted molar refractivity (Wildman–Crippen MR) is 88.1 cm³/mol. The van der Waals surface area contributed by atoms with Crippen LogP contribution < -0.4 is 5.32 Å². The molecule has 1 aliphatic rings. The molecule has 0 aromatic rings. The predicted octanol–water partition coefficient (Wildman–Crippen LogP) is 4.78. The zero-order valence-electron chi connectivity index (χ0n) is 14.5. The lowest BCUT2D eigenvalue weighted by Crippen LogP contribution is -2.54. The van der Waals surface area contributed by atoms with E-state index in [4.69, 9.17) is 4.74 Å². The Morgan fingerprint density at radius 1 is 1.35 bits per heavy atom. The Kier molecular flexibility index (Phi) is 8.13. The molecule has 0 aromatic heterocycles. The summed E-state index contributed by atoms with van der Waals surface area (Å²) in [5.41, 5.74) is 0.0754. The van der Waals surface area contributed by atoms with E-state index in [1.165, 1.54) is 57.8 Å². The first-order valence-corrected chi connectivity index (χ1v) is 8.84. The molecule has 0 bridgehead atoms. The zero-order chi connectivity index (χ0) is 15.0. The summed E-state index contributed by atoms with van der Waals surface area (Å²) in [6, 6.07) is 0.511. The maximum absolute atomic E-state index is 6.09. The van der Waals surface area contributed by atoms with Gasteiger partial charge < -0.3 is 10.1 Å². The summed E-state index contributed by atoms with van der Waals surface area (Å²) >= 11 is 0. The third-order valence-electron chi connectivity index (χ3n) is 5.49. The number of likely N-dealkylation sites (N-methyl/N-ethyl adjacent to an activating group) is 1. The van der Waals surface area contributed by atoms with Crippen LogP contribution in [0.15, 0.2) is 0 Å². The smallest absolute Gasteiger partial charge is 0.0833 e. The molecule has 1 saturated carbocycles. The molecule has 1 rings (SSSR count). The molecule has 0 amide bonds. The molecule has 0 radical (unpaired) electrons. The SMILES string of the molecule is CCCCC(CC)CC(NC)C1(OC)CCCC(C)C1. The van der Waals surface area contributed by atoms with Crippen molar-refractivity contribution in [1.82, 2.24) is 5.32 Å². The highest BCUT2D eigenvalue weighted by molar-refractivity contribution is 4.97. The Morgan fingerprint density at radius 3 is 2.60 bits per heavy atom. The second-order valence-corrected chi connectivity index (χ2v) is 6.96. The average molecular weight is 284 g/mol. The van der Waals surface area contributed by atoms with E-state index in [-0.39, 0.29) is 5.60 Å². The van der Waals surface area contributed by atoms with Crippen LogP contribution in [0.25, 0.3) is 0 Å². The van der Waals surface area contributed by atoms with Crippen molar-refractivity contribution in [2.24, 2.45) is 11.8 Å². The summed E-state index contributed by atoms with van der Waals surface area (Å²) in [6.45, 7) is 7.02. The minimum atomic E-state index is 0.0754. The van der Waals surface area contributed by atoms with Crippen molar-refractivity contribution in [3.05, 3.63) is 0 Å². The Morgan fingerprint density at radius 2 is 2.10 bits per heavy atom. The Bertz CT molecular complexity index is 256. The first-order chi connectivity index (χ1) is 9.61. The first kappa shape index (κ1) is 18.0. The number of hydrogen-bond acceptors (Lipinski definition) is 2. The van der Waals surface area contributed by atoms with Gasteiger partial charge in [-0.2, -0.15) is 0 Å². The van der Waals surface area contributed by atoms with Crippen LogP contribution in [0.2, 0.25) is 0 Å². The van der Waals surface area contributed by atoms with Crippen LogP contribution in [0, 0.1) is 11.8 Å². The zero-order valence-corrected chi connectivity index (χ0v) is 14.5. The van der Waals surface area contributed by atoms with E-state index >= 15 is 0 Å². The number of nitrogens with one attached hydrogen (secondary N) is 1. The first-order valence-electron chi connectivity index (χ1n) is 8.84. The molecule has 1 aliphatic carbocycles. The molecule has 2 nitrogen and oxygen atoms in total. The van der Waals surface area contributed by atoms with E-state index in [1.807, 2.05) is 7.11 Å². The van der Waals surface area contributed by atoms with Gasteiger partial charge in [-0.1, -0.05) is 59.3 Å². The summed E-state index contributed by atoms with van der Waals surface area (Å²) in [5.74, 6) is 1.65. The largest absolute Gasteiger partial charge is 0.377 e. The molecule has 0 aromatic carbocycles. The normalized spacial score (nSPS) is 30.1. The van der Waals surface area contributed by atoms with Crippen LogP contribution in [0.4, 0.5) is 0 Å². The van der Waals surface area contributed by atoms with Crippen LogP contribution in [0.5, 0.6) is 0 Å². The lowest BCUT2D eigenvalue weighted by Gasteiger charge is -2.45. The molecule has 0 aliphatic heterocycles.